The zero-order chi connectivity index (χ0) is 20.0. The van der Waals surface area contributed by atoms with Crippen LogP contribution in [-0.4, -0.2) is 23.9 Å². The lowest BCUT2D eigenvalue weighted by molar-refractivity contribution is 0.0971. The molecule has 3 aromatic rings. The van der Waals surface area contributed by atoms with E-state index in [0.717, 1.165) is 11.1 Å². The molecule has 0 unspecified atom stereocenters. The summed E-state index contributed by atoms with van der Waals surface area (Å²) < 4.78 is 34.7. The van der Waals surface area contributed by atoms with Crippen molar-refractivity contribution in [3.63, 3.8) is 0 Å². The second-order valence-corrected chi connectivity index (χ2v) is 7.24. The number of hydrogen-bond donors (Lipinski definition) is 2. The van der Waals surface area contributed by atoms with E-state index in [1.807, 2.05) is 37.3 Å². The summed E-state index contributed by atoms with van der Waals surface area (Å²) in [7, 11) is -4.02. The van der Waals surface area contributed by atoms with Crippen molar-refractivity contribution in [3.05, 3.63) is 83.1 Å². The van der Waals surface area contributed by atoms with Crippen LogP contribution in [0.4, 0.5) is 0 Å². The van der Waals surface area contributed by atoms with Gasteiger partial charge in [0.05, 0.1) is 10.6 Å². The minimum absolute atomic E-state index is 0.0666. The summed E-state index contributed by atoms with van der Waals surface area (Å²) in [4.78, 5) is 15.2. The van der Waals surface area contributed by atoms with Gasteiger partial charge in [-0.1, -0.05) is 48.0 Å². The Morgan fingerprint density at radius 3 is 2.19 bits per heavy atom. The smallest absolute Gasteiger partial charge is 0.294 e. The van der Waals surface area contributed by atoms with Crippen LogP contribution in [0.2, 0.25) is 0 Å². The second-order valence-electron chi connectivity index (χ2n) is 5.82. The molecule has 0 bridgehead atoms. The highest BCUT2D eigenvalue weighted by atomic mass is 32.2. The first-order chi connectivity index (χ1) is 12.7. The molecule has 0 fully saturated rings. The van der Waals surface area contributed by atoms with E-state index in [2.05, 4.69) is 4.98 Å². The molecule has 142 valence electrons. The number of aryl methyl sites for hydroxylation is 2. The molecule has 0 aliphatic rings. The first kappa shape index (κ1) is 20.3. The molecular weight excluding hydrogens is 368 g/mol. The van der Waals surface area contributed by atoms with E-state index in [-0.39, 0.29) is 10.7 Å². The van der Waals surface area contributed by atoms with Crippen molar-refractivity contribution in [2.75, 3.05) is 0 Å². The van der Waals surface area contributed by atoms with Crippen molar-refractivity contribution >= 4 is 16.0 Å². The van der Waals surface area contributed by atoms with Crippen molar-refractivity contribution in [1.82, 2.24) is 4.98 Å². The van der Waals surface area contributed by atoms with Crippen LogP contribution in [0.3, 0.4) is 0 Å². The van der Waals surface area contributed by atoms with Gasteiger partial charge in [-0.3, -0.25) is 9.35 Å². The summed E-state index contributed by atoms with van der Waals surface area (Å²) in [5.74, 6) is 0.0348. The lowest BCUT2D eigenvalue weighted by atomic mass is 10.1. The largest absolute Gasteiger partial charge is 0.436 e. The molecule has 0 spiro atoms. The highest BCUT2D eigenvalue weighted by Gasteiger charge is 2.16. The van der Waals surface area contributed by atoms with Gasteiger partial charge in [-0.15, -0.1) is 0 Å². The normalized spacial score (nSPS) is 10.8. The van der Waals surface area contributed by atoms with Gasteiger partial charge >= 0.3 is 0 Å². The summed E-state index contributed by atoms with van der Waals surface area (Å²) in [6.45, 7) is 3.54. The fourth-order valence-electron chi connectivity index (χ4n) is 2.28. The number of rotatable bonds is 4. The summed E-state index contributed by atoms with van der Waals surface area (Å²) in [5.41, 5.74) is 7.83. The number of nitrogens with zero attached hydrogens (tertiary/aromatic N) is 1. The fraction of sp³-hybridized carbons (Fsp3) is 0.158. The quantitative estimate of drug-likeness (QED) is 0.662. The molecule has 1 amide bonds. The Labute approximate surface area is 157 Å². The van der Waals surface area contributed by atoms with E-state index in [4.69, 9.17) is 14.7 Å². The Morgan fingerprint density at radius 1 is 1.07 bits per heavy atom. The van der Waals surface area contributed by atoms with E-state index >= 15 is 0 Å². The number of aromatic nitrogens is 1. The van der Waals surface area contributed by atoms with Crippen molar-refractivity contribution in [1.29, 1.82) is 0 Å². The number of carbonyl (C=O) groups is 1. The van der Waals surface area contributed by atoms with E-state index in [0.29, 0.717) is 18.0 Å². The fourth-order valence-corrected chi connectivity index (χ4v) is 2.76. The summed E-state index contributed by atoms with van der Waals surface area (Å²) >= 11 is 0. The lowest BCUT2D eigenvalue weighted by Gasteiger charge is -1.98. The number of amides is 1. The molecule has 3 N–H and O–H groups in total. The lowest BCUT2D eigenvalue weighted by Crippen LogP contribution is -2.12. The van der Waals surface area contributed by atoms with Gasteiger partial charge in [0, 0.05) is 13.3 Å². The zero-order valence-electron chi connectivity index (χ0n) is 14.9. The van der Waals surface area contributed by atoms with E-state index in [1.54, 1.807) is 19.1 Å². The van der Waals surface area contributed by atoms with Gasteiger partial charge in [0.25, 0.3) is 16.0 Å². The Morgan fingerprint density at radius 2 is 1.67 bits per heavy atom. The molecule has 0 saturated carbocycles. The van der Waals surface area contributed by atoms with E-state index < -0.39 is 16.0 Å². The maximum atomic E-state index is 11.1. The average Bonchev–Trinajstić information content (AvgIpc) is 2.96. The molecule has 27 heavy (non-hydrogen) atoms. The molecule has 0 atom stereocenters. The molecule has 2 aromatic carbocycles. The third-order valence-corrected chi connectivity index (χ3v) is 4.43. The summed E-state index contributed by atoms with van der Waals surface area (Å²) in [6.07, 6.45) is 0.552. The molecule has 0 aliphatic heterocycles. The van der Waals surface area contributed by atoms with Crippen molar-refractivity contribution in [2.45, 2.75) is 25.2 Å². The molecule has 8 heteroatoms. The maximum Gasteiger partial charge on any atom is 0.294 e. The Kier molecular flexibility index (Phi) is 6.49. The minimum Gasteiger partial charge on any atom is -0.436 e. The van der Waals surface area contributed by atoms with Crippen LogP contribution in [-0.2, 0) is 16.5 Å². The molecule has 0 radical (unpaired) electrons. The van der Waals surface area contributed by atoms with Gasteiger partial charge in [-0.2, -0.15) is 8.42 Å². The first-order valence-corrected chi connectivity index (χ1v) is 9.45. The Hall–Kier alpha value is -2.97. The van der Waals surface area contributed by atoms with Gasteiger partial charge in [-0.05, 0) is 24.6 Å². The van der Waals surface area contributed by atoms with Gasteiger partial charge in [0.1, 0.15) is 0 Å². The molecule has 1 heterocycles. The highest BCUT2D eigenvalue weighted by molar-refractivity contribution is 7.85. The number of primary amides is 1. The predicted molar refractivity (Wildman–Crippen MR) is 100.0 cm³/mol. The second kappa shape index (κ2) is 8.61. The molecule has 3 rings (SSSR count). The minimum atomic E-state index is -4.02. The predicted octanol–water partition coefficient (Wildman–Crippen LogP) is 2.91. The first-order valence-electron chi connectivity index (χ1n) is 8.01. The SMILES string of the molecule is Cc1ccc(S(=O)(=O)O)cc1.Cc1nc(Cc2ccccc2)c(C(N)=O)o1. The Balaban J connectivity index is 0.000000208. The van der Waals surface area contributed by atoms with Crippen LogP contribution >= 0.6 is 0 Å². The molecule has 1 aromatic heterocycles. The molecule has 0 saturated heterocycles. The highest BCUT2D eigenvalue weighted by Crippen LogP contribution is 2.14. The third-order valence-electron chi connectivity index (χ3n) is 3.56. The van der Waals surface area contributed by atoms with Gasteiger partial charge in [0.2, 0.25) is 5.76 Å². The van der Waals surface area contributed by atoms with Gasteiger partial charge in [0.15, 0.2) is 5.89 Å². The monoisotopic (exact) mass is 388 g/mol. The van der Waals surface area contributed by atoms with Crippen LogP contribution in [0.15, 0.2) is 63.9 Å². The summed E-state index contributed by atoms with van der Waals surface area (Å²) in [6, 6.07) is 15.7. The number of nitrogens with two attached hydrogens (primary N) is 1. The molecule has 7 nitrogen and oxygen atoms in total. The van der Waals surface area contributed by atoms with Crippen molar-refractivity contribution in [3.8, 4) is 0 Å². The van der Waals surface area contributed by atoms with Crippen LogP contribution in [0.25, 0.3) is 0 Å². The standard InChI is InChI=1S/C12H12N2O2.C7H8O3S/c1-8-14-10(11(16-8)12(13)15)7-9-5-3-2-4-6-9;1-6-2-4-7(5-3-6)11(8,9)10/h2-6H,7H2,1H3,(H2,13,15);2-5H,1H3,(H,8,9,10). The van der Waals surface area contributed by atoms with Crippen LogP contribution in [0, 0.1) is 13.8 Å². The molecular formula is C19H20N2O5S. The van der Waals surface area contributed by atoms with E-state index in [9.17, 15) is 13.2 Å². The Bertz CT molecular complexity index is 1010. The topological polar surface area (TPSA) is 123 Å². The van der Waals surface area contributed by atoms with E-state index in [1.165, 1.54) is 12.1 Å². The van der Waals surface area contributed by atoms with Crippen LogP contribution in [0.1, 0.15) is 33.3 Å². The van der Waals surface area contributed by atoms with Crippen molar-refractivity contribution < 1.29 is 22.2 Å². The number of hydrogen-bond acceptors (Lipinski definition) is 5. The zero-order valence-corrected chi connectivity index (χ0v) is 15.7. The number of oxazole rings is 1. The number of carbonyl (C=O) groups excluding carboxylic acids is 1. The summed E-state index contributed by atoms with van der Waals surface area (Å²) in [5, 5.41) is 0. The number of benzene rings is 2. The van der Waals surface area contributed by atoms with Gasteiger partial charge in [-0.25, -0.2) is 4.98 Å². The van der Waals surface area contributed by atoms with Crippen LogP contribution in [0.5, 0.6) is 0 Å². The molecule has 0 aliphatic carbocycles. The third kappa shape index (κ3) is 6.05. The van der Waals surface area contributed by atoms with Crippen LogP contribution < -0.4 is 5.73 Å². The maximum absolute atomic E-state index is 11.1. The van der Waals surface area contributed by atoms with Gasteiger partial charge < -0.3 is 10.2 Å². The van der Waals surface area contributed by atoms with Crippen molar-refractivity contribution in [2.24, 2.45) is 5.73 Å². The average molecular weight is 388 g/mol.